The number of benzene rings is 2. The van der Waals surface area contributed by atoms with E-state index in [9.17, 15) is 0 Å². The van der Waals surface area contributed by atoms with Crippen molar-refractivity contribution in [3.8, 4) is 22.8 Å². The van der Waals surface area contributed by atoms with Gasteiger partial charge in [-0.15, -0.1) is 0 Å². The average Bonchev–Trinajstić information content (AvgIpc) is 2.62. The Hall–Kier alpha value is -2.55. The molecule has 0 unspecified atom stereocenters. The van der Waals surface area contributed by atoms with Crippen LogP contribution in [0.25, 0.3) is 22.3 Å². The minimum atomic E-state index is 0.752. The van der Waals surface area contributed by atoms with Crippen molar-refractivity contribution in [3.05, 3.63) is 54.1 Å². The summed E-state index contributed by atoms with van der Waals surface area (Å²) in [5.41, 5.74) is 3.07. The van der Waals surface area contributed by atoms with E-state index < -0.39 is 0 Å². The fourth-order valence-corrected chi connectivity index (χ4v) is 2.65. The molecule has 0 N–H and O–H groups in total. The number of methoxy groups -OCH3 is 1. The third kappa shape index (κ3) is 3.51. The van der Waals surface area contributed by atoms with Crippen molar-refractivity contribution in [2.24, 2.45) is 0 Å². The maximum absolute atomic E-state index is 6.09. The van der Waals surface area contributed by atoms with Crippen molar-refractivity contribution >= 4 is 11.0 Å². The number of hydrogen-bond donors (Lipinski definition) is 0. The molecule has 0 saturated carbocycles. The van der Waals surface area contributed by atoms with Crippen LogP contribution < -0.4 is 9.47 Å². The van der Waals surface area contributed by atoms with E-state index in [1.165, 1.54) is 5.56 Å². The second kappa shape index (κ2) is 7.35. The lowest BCUT2D eigenvalue weighted by molar-refractivity contribution is 0.309. The summed E-state index contributed by atoms with van der Waals surface area (Å²) in [6.07, 6.45) is 2.20. The zero-order valence-corrected chi connectivity index (χ0v) is 14.5. The summed E-state index contributed by atoms with van der Waals surface area (Å²) < 4.78 is 17.1. The Morgan fingerprint density at radius 1 is 0.958 bits per heavy atom. The lowest BCUT2D eigenvalue weighted by atomic mass is 10.1. The van der Waals surface area contributed by atoms with Gasteiger partial charge in [-0.2, -0.15) is 0 Å². The van der Waals surface area contributed by atoms with E-state index in [4.69, 9.17) is 13.9 Å². The molecule has 0 aliphatic heterocycles. The van der Waals surface area contributed by atoms with Crippen LogP contribution in [0.15, 0.2) is 52.9 Å². The van der Waals surface area contributed by atoms with Gasteiger partial charge in [-0.1, -0.05) is 13.3 Å². The minimum Gasteiger partial charge on any atom is -0.497 e. The molecule has 3 nitrogen and oxygen atoms in total. The summed E-state index contributed by atoms with van der Waals surface area (Å²) in [5, 5.41) is 1.08. The molecule has 3 heteroatoms. The summed E-state index contributed by atoms with van der Waals surface area (Å²) in [6, 6.07) is 16.0. The van der Waals surface area contributed by atoms with E-state index in [-0.39, 0.29) is 0 Å². The molecule has 2 aromatic carbocycles. The molecule has 1 aromatic heterocycles. The molecule has 0 amide bonds. The van der Waals surface area contributed by atoms with Crippen molar-refractivity contribution in [1.29, 1.82) is 0 Å². The fourth-order valence-electron chi connectivity index (χ4n) is 2.65. The minimum absolute atomic E-state index is 0.752. The lowest BCUT2D eigenvalue weighted by Gasteiger charge is -2.05. The SMILES string of the molecule is CCCCOc1ccc2[o+]c(-c3ccc(OC)cc3)cc(C)c2c1. The van der Waals surface area contributed by atoms with E-state index in [0.717, 1.165) is 53.2 Å². The largest absolute Gasteiger partial charge is 0.497 e. The van der Waals surface area contributed by atoms with E-state index in [0.29, 0.717) is 0 Å². The van der Waals surface area contributed by atoms with Gasteiger partial charge in [0.25, 0.3) is 0 Å². The number of ether oxygens (including phenoxy) is 2. The smallest absolute Gasteiger partial charge is 0.361 e. The van der Waals surface area contributed by atoms with Crippen molar-refractivity contribution in [2.45, 2.75) is 26.7 Å². The normalized spacial score (nSPS) is 10.8. The van der Waals surface area contributed by atoms with Gasteiger partial charge in [-0.3, -0.25) is 0 Å². The molecule has 0 spiro atoms. The molecule has 0 atom stereocenters. The molecule has 124 valence electrons. The second-order valence-corrected chi connectivity index (χ2v) is 5.88. The standard InChI is InChI=1S/C21H23O3/c1-4-5-12-23-18-10-11-20-19(14-18)15(2)13-21(24-20)16-6-8-17(22-3)9-7-16/h6-11,13-14H,4-5,12H2,1-3H3/q+1. The molecule has 0 fully saturated rings. The summed E-state index contributed by atoms with van der Waals surface area (Å²) in [5.74, 6) is 2.58. The van der Waals surface area contributed by atoms with Crippen molar-refractivity contribution in [2.75, 3.05) is 13.7 Å². The number of unbranched alkanes of at least 4 members (excludes halogenated alkanes) is 1. The molecule has 0 aliphatic rings. The summed E-state index contributed by atoms with van der Waals surface area (Å²) in [4.78, 5) is 0. The Morgan fingerprint density at radius 3 is 2.42 bits per heavy atom. The van der Waals surface area contributed by atoms with Crippen LogP contribution in [0.5, 0.6) is 11.5 Å². The Kier molecular flexibility index (Phi) is 4.99. The highest BCUT2D eigenvalue weighted by Crippen LogP contribution is 2.30. The van der Waals surface area contributed by atoms with Crippen molar-refractivity contribution < 1.29 is 13.9 Å². The van der Waals surface area contributed by atoms with Gasteiger partial charge in [0.05, 0.1) is 24.7 Å². The van der Waals surface area contributed by atoms with Gasteiger partial charge in [0.2, 0.25) is 0 Å². The quantitative estimate of drug-likeness (QED) is 0.419. The monoisotopic (exact) mass is 323 g/mol. The first kappa shape index (κ1) is 16.3. The fraction of sp³-hybridized carbons (Fsp3) is 0.286. The number of fused-ring (bicyclic) bond motifs is 1. The van der Waals surface area contributed by atoms with Crippen LogP contribution in [0, 0.1) is 6.92 Å². The van der Waals surface area contributed by atoms with Crippen LogP contribution in [0.2, 0.25) is 0 Å². The lowest BCUT2D eigenvalue weighted by Crippen LogP contribution is -1.96. The van der Waals surface area contributed by atoms with Crippen LogP contribution in [0.1, 0.15) is 25.3 Å². The average molecular weight is 323 g/mol. The third-order valence-corrected chi connectivity index (χ3v) is 4.08. The molecule has 0 radical (unpaired) electrons. The maximum Gasteiger partial charge on any atom is 0.361 e. The summed E-state index contributed by atoms with van der Waals surface area (Å²) in [7, 11) is 1.67. The predicted octanol–water partition coefficient (Wildman–Crippen LogP) is 5.88. The maximum atomic E-state index is 6.09. The molecule has 0 saturated heterocycles. The number of rotatable bonds is 6. The first-order valence-electron chi connectivity index (χ1n) is 8.36. The van der Waals surface area contributed by atoms with E-state index in [1.807, 2.05) is 36.4 Å². The van der Waals surface area contributed by atoms with Gasteiger partial charge in [-0.25, -0.2) is 4.42 Å². The van der Waals surface area contributed by atoms with Gasteiger partial charge >= 0.3 is 11.3 Å². The first-order chi connectivity index (χ1) is 11.7. The van der Waals surface area contributed by atoms with Crippen LogP contribution in [-0.2, 0) is 0 Å². The molecular formula is C21H23O3+. The molecule has 0 bridgehead atoms. The second-order valence-electron chi connectivity index (χ2n) is 5.88. The topological polar surface area (TPSA) is 29.8 Å². The number of aryl methyl sites for hydroxylation is 1. The van der Waals surface area contributed by atoms with Crippen LogP contribution in [0.4, 0.5) is 0 Å². The van der Waals surface area contributed by atoms with Gasteiger partial charge < -0.3 is 9.47 Å². The number of hydrogen-bond acceptors (Lipinski definition) is 2. The van der Waals surface area contributed by atoms with Crippen molar-refractivity contribution in [3.63, 3.8) is 0 Å². The summed E-state index contributed by atoms with van der Waals surface area (Å²) in [6.45, 7) is 5.01. The van der Waals surface area contributed by atoms with E-state index in [2.05, 4.69) is 26.0 Å². The molecular weight excluding hydrogens is 300 g/mol. The highest BCUT2D eigenvalue weighted by molar-refractivity contribution is 5.83. The van der Waals surface area contributed by atoms with Crippen LogP contribution in [0.3, 0.4) is 0 Å². The first-order valence-corrected chi connectivity index (χ1v) is 8.36. The molecule has 24 heavy (non-hydrogen) atoms. The zero-order chi connectivity index (χ0) is 16.9. The molecule has 0 aliphatic carbocycles. The molecule has 3 aromatic rings. The van der Waals surface area contributed by atoms with Gasteiger partial charge in [0.15, 0.2) is 0 Å². The molecule has 1 heterocycles. The Morgan fingerprint density at radius 2 is 1.71 bits per heavy atom. The van der Waals surface area contributed by atoms with E-state index >= 15 is 0 Å². The Labute approximate surface area is 142 Å². The van der Waals surface area contributed by atoms with Crippen molar-refractivity contribution in [1.82, 2.24) is 0 Å². The van der Waals surface area contributed by atoms with Gasteiger partial charge in [-0.05, 0) is 55.3 Å². The zero-order valence-electron chi connectivity index (χ0n) is 14.5. The van der Waals surface area contributed by atoms with Gasteiger partial charge in [0, 0.05) is 12.1 Å². The van der Waals surface area contributed by atoms with Gasteiger partial charge in [0.1, 0.15) is 11.5 Å². The summed E-state index contributed by atoms with van der Waals surface area (Å²) >= 11 is 0. The Balaban J connectivity index is 1.93. The highest BCUT2D eigenvalue weighted by atomic mass is 16.5. The van der Waals surface area contributed by atoms with Crippen LogP contribution in [-0.4, -0.2) is 13.7 Å². The van der Waals surface area contributed by atoms with E-state index in [1.54, 1.807) is 7.11 Å². The Bertz CT molecular complexity index is 822. The third-order valence-electron chi connectivity index (χ3n) is 4.08. The predicted molar refractivity (Wildman–Crippen MR) is 97.7 cm³/mol. The molecule has 3 rings (SSSR count). The highest BCUT2D eigenvalue weighted by Gasteiger charge is 2.18. The van der Waals surface area contributed by atoms with Crippen LogP contribution >= 0.6 is 0 Å².